The molecule has 2 aromatic carbocycles. The third kappa shape index (κ3) is 3.82. The van der Waals surface area contributed by atoms with Gasteiger partial charge in [-0.15, -0.1) is 0 Å². The number of rotatable bonds is 2. The molecule has 0 bridgehead atoms. The van der Waals surface area contributed by atoms with Crippen molar-refractivity contribution in [3.63, 3.8) is 0 Å². The van der Waals surface area contributed by atoms with Crippen LogP contribution in [0.1, 0.15) is 5.56 Å². The first kappa shape index (κ1) is 15.0. The molecule has 0 aliphatic rings. The normalized spacial score (nSPS) is 10.2. The summed E-state index contributed by atoms with van der Waals surface area (Å²) in [6.45, 7) is 1.90. The maximum Gasteiger partial charge on any atom is 0.175 e. The van der Waals surface area contributed by atoms with Crippen molar-refractivity contribution >= 4 is 51.9 Å². The number of thiocarbonyl (C=S) groups is 1. The van der Waals surface area contributed by atoms with Crippen LogP contribution in [-0.2, 0) is 0 Å². The molecular formula is C14H11Cl2FN2S. The van der Waals surface area contributed by atoms with Gasteiger partial charge in [-0.2, -0.15) is 0 Å². The molecule has 0 saturated carbocycles. The van der Waals surface area contributed by atoms with Gasteiger partial charge in [0.25, 0.3) is 0 Å². The smallest absolute Gasteiger partial charge is 0.175 e. The fourth-order valence-electron chi connectivity index (χ4n) is 1.63. The van der Waals surface area contributed by atoms with Gasteiger partial charge in [0, 0.05) is 15.7 Å². The van der Waals surface area contributed by atoms with Crippen LogP contribution < -0.4 is 10.6 Å². The van der Waals surface area contributed by atoms with E-state index in [4.69, 9.17) is 35.4 Å². The Morgan fingerprint density at radius 2 is 1.55 bits per heavy atom. The number of nitrogens with one attached hydrogen (secondary N) is 2. The van der Waals surface area contributed by atoms with Crippen molar-refractivity contribution < 1.29 is 4.39 Å². The molecule has 0 unspecified atom stereocenters. The molecule has 2 aromatic rings. The lowest BCUT2D eigenvalue weighted by Crippen LogP contribution is -2.20. The predicted octanol–water partition coefficient (Wildman–Crippen LogP) is 5.25. The molecular weight excluding hydrogens is 318 g/mol. The number of hydrogen-bond acceptors (Lipinski definition) is 1. The molecule has 0 aromatic heterocycles. The van der Waals surface area contributed by atoms with Crippen molar-refractivity contribution in [2.45, 2.75) is 6.92 Å². The Balaban J connectivity index is 2.09. The summed E-state index contributed by atoms with van der Waals surface area (Å²) in [5, 5.41) is 7.04. The minimum Gasteiger partial charge on any atom is -0.332 e. The summed E-state index contributed by atoms with van der Waals surface area (Å²) in [6.07, 6.45) is 0. The van der Waals surface area contributed by atoms with Crippen molar-refractivity contribution in [2.75, 3.05) is 10.6 Å². The maximum atomic E-state index is 13.6. The van der Waals surface area contributed by atoms with E-state index in [1.807, 2.05) is 19.1 Å². The van der Waals surface area contributed by atoms with Gasteiger partial charge in [-0.05, 0) is 61.1 Å². The Morgan fingerprint density at radius 1 is 1.00 bits per heavy atom. The number of aryl methyl sites for hydroxylation is 1. The van der Waals surface area contributed by atoms with Crippen LogP contribution in [0.5, 0.6) is 0 Å². The molecule has 2 nitrogen and oxygen atoms in total. The molecule has 0 amide bonds. The summed E-state index contributed by atoms with van der Waals surface area (Å²) in [5.41, 5.74) is 2.01. The quantitative estimate of drug-likeness (QED) is 0.736. The highest BCUT2D eigenvalue weighted by Crippen LogP contribution is 2.21. The summed E-state index contributed by atoms with van der Waals surface area (Å²) < 4.78 is 13.6. The highest BCUT2D eigenvalue weighted by Gasteiger charge is 2.06. The Kier molecular flexibility index (Phi) is 4.81. The molecule has 0 aliphatic carbocycles. The van der Waals surface area contributed by atoms with Crippen LogP contribution >= 0.6 is 35.4 Å². The molecule has 2 N–H and O–H groups in total. The zero-order chi connectivity index (χ0) is 14.7. The van der Waals surface area contributed by atoms with Crippen LogP contribution in [0.25, 0.3) is 0 Å². The van der Waals surface area contributed by atoms with Crippen LogP contribution in [0, 0.1) is 12.7 Å². The summed E-state index contributed by atoms with van der Waals surface area (Å²) in [6, 6.07) is 9.71. The summed E-state index contributed by atoms with van der Waals surface area (Å²) in [5.74, 6) is -0.463. The van der Waals surface area contributed by atoms with Crippen LogP contribution in [0.4, 0.5) is 15.8 Å². The van der Waals surface area contributed by atoms with Gasteiger partial charge in [-0.1, -0.05) is 23.2 Å². The molecule has 20 heavy (non-hydrogen) atoms. The third-order valence-electron chi connectivity index (χ3n) is 2.62. The first-order chi connectivity index (χ1) is 9.45. The molecule has 0 spiro atoms. The first-order valence-electron chi connectivity index (χ1n) is 5.75. The minimum atomic E-state index is -0.463. The Hall–Kier alpha value is -1.36. The van der Waals surface area contributed by atoms with E-state index in [1.54, 1.807) is 12.1 Å². The Bertz CT molecular complexity index is 606. The van der Waals surface area contributed by atoms with E-state index >= 15 is 0 Å². The average Bonchev–Trinajstić information content (AvgIpc) is 2.36. The molecule has 0 heterocycles. The first-order valence-corrected chi connectivity index (χ1v) is 6.91. The van der Waals surface area contributed by atoms with Crippen LogP contribution in [0.15, 0.2) is 36.4 Å². The van der Waals surface area contributed by atoms with Crippen molar-refractivity contribution in [1.82, 2.24) is 0 Å². The lowest BCUT2D eigenvalue weighted by Gasteiger charge is -2.13. The summed E-state index contributed by atoms with van der Waals surface area (Å²) in [7, 11) is 0. The highest BCUT2D eigenvalue weighted by atomic mass is 35.5. The average molecular weight is 329 g/mol. The fourth-order valence-corrected chi connectivity index (χ4v) is 2.24. The van der Waals surface area contributed by atoms with Crippen molar-refractivity contribution in [2.24, 2.45) is 0 Å². The van der Waals surface area contributed by atoms with Gasteiger partial charge in [-0.25, -0.2) is 4.39 Å². The van der Waals surface area contributed by atoms with Gasteiger partial charge < -0.3 is 10.6 Å². The molecule has 2 rings (SSSR count). The van der Waals surface area contributed by atoms with E-state index in [0.29, 0.717) is 10.0 Å². The number of anilines is 2. The van der Waals surface area contributed by atoms with E-state index in [2.05, 4.69) is 10.6 Å². The molecule has 6 heteroatoms. The van der Waals surface area contributed by atoms with E-state index in [0.717, 1.165) is 11.3 Å². The topological polar surface area (TPSA) is 24.1 Å². The van der Waals surface area contributed by atoms with E-state index in [9.17, 15) is 4.39 Å². The minimum absolute atomic E-state index is 0.263. The standard InChI is InChI=1S/C14H11Cl2FN2S/c1-8-6-9(15)2-4-12(8)18-14(20)19-13-5-3-10(16)7-11(13)17/h2-7H,1H3,(H2,18,19,20). The Labute approximate surface area is 131 Å². The number of benzene rings is 2. The van der Waals surface area contributed by atoms with Gasteiger partial charge in [0.05, 0.1) is 5.69 Å². The fraction of sp³-hybridized carbons (Fsp3) is 0.0714. The van der Waals surface area contributed by atoms with Crippen LogP contribution in [-0.4, -0.2) is 5.11 Å². The van der Waals surface area contributed by atoms with Crippen LogP contribution in [0.2, 0.25) is 10.0 Å². The molecule has 0 saturated heterocycles. The van der Waals surface area contributed by atoms with Gasteiger partial charge in [0.15, 0.2) is 5.11 Å². The van der Waals surface area contributed by atoms with Gasteiger partial charge >= 0.3 is 0 Å². The Morgan fingerprint density at radius 3 is 2.15 bits per heavy atom. The van der Waals surface area contributed by atoms with Gasteiger partial charge in [0.2, 0.25) is 0 Å². The van der Waals surface area contributed by atoms with E-state index < -0.39 is 5.82 Å². The molecule has 0 aliphatic heterocycles. The number of halogens is 3. The molecule has 0 atom stereocenters. The molecule has 104 valence electrons. The van der Waals surface area contributed by atoms with Gasteiger partial charge in [0.1, 0.15) is 5.82 Å². The van der Waals surface area contributed by atoms with E-state index in [1.165, 1.54) is 12.1 Å². The van der Waals surface area contributed by atoms with Crippen LogP contribution in [0.3, 0.4) is 0 Å². The SMILES string of the molecule is Cc1cc(Cl)ccc1NC(=S)Nc1ccc(Cl)cc1F. The summed E-state index contributed by atoms with van der Waals surface area (Å²) >= 11 is 16.7. The lowest BCUT2D eigenvalue weighted by atomic mass is 10.2. The zero-order valence-electron chi connectivity index (χ0n) is 10.5. The van der Waals surface area contributed by atoms with E-state index in [-0.39, 0.29) is 10.8 Å². The molecule has 0 radical (unpaired) electrons. The second-order valence-electron chi connectivity index (χ2n) is 4.16. The van der Waals surface area contributed by atoms with Gasteiger partial charge in [-0.3, -0.25) is 0 Å². The second kappa shape index (κ2) is 6.39. The largest absolute Gasteiger partial charge is 0.332 e. The van der Waals surface area contributed by atoms with Crippen molar-refractivity contribution in [3.05, 3.63) is 57.8 Å². The monoisotopic (exact) mass is 328 g/mol. The number of hydrogen-bond donors (Lipinski definition) is 2. The lowest BCUT2D eigenvalue weighted by molar-refractivity contribution is 0.632. The maximum absolute atomic E-state index is 13.6. The summed E-state index contributed by atoms with van der Waals surface area (Å²) in [4.78, 5) is 0. The highest BCUT2D eigenvalue weighted by molar-refractivity contribution is 7.80. The molecule has 0 fully saturated rings. The van der Waals surface area contributed by atoms with Crippen molar-refractivity contribution in [1.29, 1.82) is 0 Å². The predicted molar refractivity (Wildman–Crippen MR) is 87.4 cm³/mol. The van der Waals surface area contributed by atoms with Crippen molar-refractivity contribution in [3.8, 4) is 0 Å². The second-order valence-corrected chi connectivity index (χ2v) is 5.44. The third-order valence-corrected chi connectivity index (χ3v) is 3.29. The zero-order valence-corrected chi connectivity index (χ0v) is 12.8.